The summed E-state index contributed by atoms with van der Waals surface area (Å²) in [6, 6.07) is 17.6. The summed E-state index contributed by atoms with van der Waals surface area (Å²) in [6.07, 6.45) is 3.52. The fourth-order valence-electron chi connectivity index (χ4n) is 3.11. The van der Waals surface area contributed by atoms with E-state index in [-0.39, 0.29) is 18.0 Å². The molecule has 2 aromatic carbocycles. The van der Waals surface area contributed by atoms with Crippen LogP contribution in [0.3, 0.4) is 0 Å². The Hall–Kier alpha value is -3.93. The average Bonchev–Trinajstić information content (AvgIpc) is 3.20. The van der Waals surface area contributed by atoms with Crippen LogP contribution in [-0.2, 0) is 6.42 Å². The fraction of sp³-hybridized carbons (Fsp3) is 0.0870. The van der Waals surface area contributed by atoms with E-state index in [0.29, 0.717) is 28.0 Å². The first kappa shape index (κ1) is 18.4. The lowest BCUT2D eigenvalue weighted by Crippen LogP contribution is -2.10. The molecule has 0 aliphatic rings. The molecule has 0 bridgehead atoms. The molecule has 2 heterocycles. The lowest BCUT2D eigenvalue weighted by molar-refractivity contribution is 0.0988. The quantitative estimate of drug-likeness (QED) is 0.493. The number of carbonyl (C=O) groups excluding carboxylic acids is 2. The van der Waals surface area contributed by atoms with Crippen LogP contribution < -0.4 is 10.1 Å². The van der Waals surface area contributed by atoms with Crippen molar-refractivity contribution in [2.45, 2.75) is 6.42 Å². The van der Waals surface area contributed by atoms with E-state index in [9.17, 15) is 9.59 Å². The van der Waals surface area contributed by atoms with Gasteiger partial charge in [-0.3, -0.25) is 14.6 Å². The second kappa shape index (κ2) is 7.98. The average molecular weight is 386 g/mol. The molecule has 29 heavy (non-hydrogen) atoms. The van der Waals surface area contributed by atoms with E-state index in [2.05, 4.69) is 10.3 Å². The summed E-state index contributed by atoms with van der Waals surface area (Å²) in [7, 11) is 1.51. The predicted octanol–water partition coefficient (Wildman–Crippen LogP) is 4.51. The van der Waals surface area contributed by atoms with Crippen LogP contribution in [0.5, 0.6) is 5.75 Å². The smallest absolute Gasteiger partial charge is 0.291 e. The monoisotopic (exact) mass is 386 g/mol. The van der Waals surface area contributed by atoms with Gasteiger partial charge in [0.1, 0.15) is 0 Å². The number of anilines is 1. The summed E-state index contributed by atoms with van der Waals surface area (Å²) < 4.78 is 11.1. The van der Waals surface area contributed by atoms with Crippen molar-refractivity contribution in [2.75, 3.05) is 12.4 Å². The summed E-state index contributed by atoms with van der Waals surface area (Å²) >= 11 is 0. The fourth-order valence-corrected chi connectivity index (χ4v) is 3.11. The zero-order valence-corrected chi connectivity index (χ0v) is 15.7. The molecule has 0 saturated carbocycles. The number of aromatic nitrogens is 1. The van der Waals surface area contributed by atoms with Gasteiger partial charge in [0.25, 0.3) is 5.91 Å². The number of pyridine rings is 1. The number of hydrogen-bond donors (Lipinski definition) is 1. The molecule has 0 atom stereocenters. The highest BCUT2D eigenvalue weighted by Gasteiger charge is 2.20. The van der Waals surface area contributed by atoms with Crippen molar-refractivity contribution in [1.82, 2.24) is 4.98 Å². The zero-order chi connectivity index (χ0) is 20.2. The first-order valence-corrected chi connectivity index (χ1v) is 9.05. The van der Waals surface area contributed by atoms with Crippen LogP contribution in [0.4, 0.5) is 5.69 Å². The number of rotatable bonds is 6. The Morgan fingerprint density at radius 3 is 2.52 bits per heavy atom. The number of para-hydroxylation sites is 1. The van der Waals surface area contributed by atoms with Gasteiger partial charge in [-0.15, -0.1) is 0 Å². The molecule has 6 heteroatoms. The van der Waals surface area contributed by atoms with Crippen LogP contribution in [0.25, 0.3) is 11.0 Å². The second-order valence-corrected chi connectivity index (χ2v) is 6.44. The maximum atomic E-state index is 12.9. The Morgan fingerprint density at radius 1 is 1.03 bits per heavy atom. The molecule has 1 amide bonds. The number of nitrogens with one attached hydrogen (secondary N) is 1. The normalized spacial score (nSPS) is 10.7. The summed E-state index contributed by atoms with van der Waals surface area (Å²) in [6.45, 7) is 0. The Balaban J connectivity index is 1.69. The number of amides is 1. The molecule has 1 N–H and O–H groups in total. The van der Waals surface area contributed by atoms with E-state index < -0.39 is 5.91 Å². The maximum Gasteiger partial charge on any atom is 0.291 e. The van der Waals surface area contributed by atoms with Gasteiger partial charge < -0.3 is 14.5 Å². The van der Waals surface area contributed by atoms with Gasteiger partial charge >= 0.3 is 0 Å². The van der Waals surface area contributed by atoms with Crippen molar-refractivity contribution >= 4 is 28.3 Å². The molecule has 4 rings (SSSR count). The molecular weight excluding hydrogens is 368 g/mol. The number of fused-ring (bicyclic) bond motifs is 1. The predicted molar refractivity (Wildman–Crippen MR) is 109 cm³/mol. The van der Waals surface area contributed by atoms with Gasteiger partial charge in [-0.2, -0.15) is 0 Å². The summed E-state index contributed by atoms with van der Waals surface area (Å²) in [5.41, 5.74) is 2.35. The molecule has 2 aromatic heterocycles. The van der Waals surface area contributed by atoms with Crippen LogP contribution in [0.2, 0.25) is 0 Å². The number of nitrogens with zero attached hydrogens (tertiary/aromatic N) is 1. The minimum Gasteiger partial charge on any atom is -0.493 e. The Labute approximate surface area is 167 Å². The highest BCUT2D eigenvalue weighted by molar-refractivity contribution is 6.12. The molecule has 0 aliphatic heterocycles. The number of hydrogen-bond acceptors (Lipinski definition) is 5. The number of methoxy groups -OCH3 is 1. The molecular formula is C23H18N2O4. The van der Waals surface area contributed by atoms with Crippen molar-refractivity contribution in [3.63, 3.8) is 0 Å². The largest absolute Gasteiger partial charge is 0.493 e. The summed E-state index contributed by atoms with van der Waals surface area (Å²) in [4.78, 5) is 29.5. The van der Waals surface area contributed by atoms with Gasteiger partial charge in [-0.05, 0) is 48.0 Å². The standard InChI is InChI=1S/C23H18N2O4/c1-28-20-8-7-17(19(26)13-15-9-11-24-12-10-15)18-14-21(29-22(18)20)23(27)25-16-5-3-2-4-6-16/h2-12,14H,13H2,1H3,(H,25,27). The van der Waals surface area contributed by atoms with Crippen molar-refractivity contribution in [3.8, 4) is 5.75 Å². The Kier molecular flexibility index (Phi) is 5.07. The van der Waals surface area contributed by atoms with E-state index in [1.165, 1.54) is 7.11 Å². The van der Waals surface area contributed by atoms with Crippen LogP contribution in [0.1, 0.15) is 26.5 Å². The molecule has 0 aliphatic carbocycles. The first-order valence-electron chi connectivity index (χ1n) is 9.05. The van der Waals surface area contributed by atoms with Crippen molar-refractivity contribution < 1.29 is 18.7 Å². The van der Waals surface area contributed by atoms with Gasteiger partial charge in [0.05, 0.1) is 7.11 Å². The van der Waals surface area contributed by atoms with Gasteiger partial charge in [-0.25, -0.2) is 0 Å². The minimum absolute atomic E-state index is 0.0836. The molecule has 0 spiro atoms. The van der Waals surface area contributed by atoms with E-state index in [1.54, 1.807) is 54.9 Å². The van der Waals surface area contributed by atoms with Crippen LogP contribution in [0, 0.1) is 0 Å². The minimum atomic E-state index is -0.401. The lowest BCUT2D eigenvalue weighted by Gasteiger charge is -2.05. The van der Waals surface area contributed by atoms with Gasteiger partial charge in [-0.1, -0.05) is 18.2 Å². The highest BCUT2D eigenvalue weighted by Crippen LogP contribution is 2.32. The lowest BCUT2D eigenvalue weighted by atomic mass is 10.0. The number of ether oxygens (including phenoxy) is 1. The third-order valence-corrected chi connectivity index (χ3v) is 4.54. The third-order valence-electron chi connectivity index (χ3n) is 4.54. The Bertz CT molecular complexity index is 1170. The topological polar surface area (TPSA) is 81.4 Å². The van der Waals surface area contributed by atoms with Crippen molar-refractivity contribution in [2.24, 2.45) is 0 Å². The van der Waals surface area contributed by atoms with Crippen LogP contribution in [0.15, 0.2) is 77.5 Å². The molecule has 0 unspecified atom stereocenters. The zero-order valence-electron chi connectivity index (χ0n) is 15.7. The van der Waals surface area contributed by atoms with Gasteiger partial charge in [0.2, 0.25) is 0 Å². The number of benzene rings is 2. The molecule has 144 valence electrons. The second-order valence-electron chi connectivity index (χ2n) is 6.44. The number of carbonyl (C=O) groups is 2. The van der Waals surface area contributed by atoms with Gasteiger partial charge in [0.15, 0.2) is 22.9 Å². The molecule has 0 radical (unpaired) electrons. The summed E-state index contributed by atoms with van der Waals surface area (Å²) in [5, 5.41) is 3.32. The molecule has 6 nitrogen and oxygen atoms in total. The maximum absolute atomic E-state index is 12.9. The van der Waals surface area contributed by atoms with E-state index in [4.69, 9.17) is 9.15 Å². The van der Waals surface area contributed by atoms with Crippen molar-refractivity contribution in [3.05, 3.63) is 89.9 Å². The summed E-state index contributed by atoms with van der Waals surface area (Å²) in [5.74, 6) is 0.0761. The molecule has 0 saturated heterocycles. The van der Waals surface area contributed by atoms with E-state index in [1.807, 2.05) is 18.2 Å². The Morgan fingerprint density at radius 2 is 1.79 bits per heavy atom. The first-order chi connectivity index (χ1) is 14.2. The third kappa shape index (κ3) is 3.87. The van der Waals surface area contributed by atoms with Gasteiger partial charge in [0, 0.05) is 35.5 Å². The van der Waals surface area contributed by atoms with Crippen LogP contribution in [-0.4, -0.2) is 23.8 Å². The van der Waals surface area contributed by atoms with E-state index in [0.717, 1.165) is 5.56 Å². The molecule has 4 aromatic rings. The van der Waals surface area contributed by atoms with Crippen LogP contribution >= 0.6 is 0 Å². The molecule has 0 fully saturated rings. The number of Topliss-reactive ketones (excluding diaryl/α,β-unsaturated/α-hetero) is 1. The highest BCUT2D eigenvalue weighted by atomic mass is 16.5. The number of furan rings is 1. The van der Waals surface area contributed by atoms with E-state index >= 15 is 0 Å². The number of ketones is 1. The SMILES string of the molecule is COc1ccc(C(=O)Cc2ccncc2)c2cc(C(=O)Nc3ccccc3)oc12. The van der Waals surface area contributed by atoms with Crippen molar-refractivity contribution in [1.29, 1.82) is 0 Å².